The van der Waals surface area contributed by atoms with Gasteiger partial charge in [0.25, 0.3) is 0 Å². The molecule has 0 bridgehead atoms. The smallest absolute Gasteiger partial charge is 0.208 e. The summed E-state index contributed by atoms with van der Waals surface area (Å²) in [5, 5.41) is 0.695. The molecule has 3 atom stereocenters. The topological polar surface area (TPSA) is 44.8 Å². The highest BCUT2D eigenvalue weighted by molar-refractivity contribution is 7.69. The first-order valence-electron chi connectivity index (χ1n) is 7.27. The average Bonchev–Trinajstić information content (AvgIpc) is 2.81. The van der Waals surface area contributed by atoms with Crippen LogP contribution in [0.3, 0.4) is 0 Å². The molecule has 0 aliphatic carbocycles. The first-order chi connectivity index (χ1) is 10.6. The fraction of sp³-hybridized carbons (Fsp3) is 0.294. The number of nitrogens with zero attached hydrogens (tertiary/aromatic N) is 1. The summed E-state index contributed by atoms with van der Waals surface area (Å²) in [6.07, 6.45) is -0.195. The standard InChI is InChI=1S/C17H20NO3P/c1-13-17(14-7-5-4-6-8-14)21-22(19,18(13)2)16-11-9-15(20-3)10-12-16/h4-13,17H,1-3H3/t13-,17+,22?/m0/s1. The van der Waals surface area contributed by atoms with Crippen LogP contribution in [0.15, 0.2) is 54.6 Å². The Hall–Kier alpha value is -1.45. The highest BCUT2D eigenvalue weighted by Crippen LogP contribution is 2.64. The zero-order valence-electron chi connectivity index (χ0n) is 13.0. The molecule has 4 nitrogen and oxygen atoms in total. The molecule has 1 saturated heterocycles. The summed E-state index contributed by atoms with van der Waals surface area (Å²) in [5.74, 6) is 0.741. The Bertz CT molecular complexity index is 634. The second-order valence-electron chi connectivity index (χ2n) is 5.47. The van der Waals surface area contributed by atoms with Gasteiger partial charge in [0.2, 0.25) is 7.87 Å². The maximum atomic E-state index is 13.4. The summed E-state index contributed by atoms with van der Waals surface area (Å²) in [6, 6.07) is 17.2. The average molecular weight is 317 g/mol. The van der Waals surface area contributed by atoms with E-state index in [1.807, 2.05) is 73.2 Å². The Labute approximate surface area is 131 Å². The molecule has 1 aliphatic rings. The number of benzene rings is 2. The van der Waals surface area contributed by atoms with E-state index >= 15 is 0 Å². The van der Waals surface area contributed by atoms with Crippen LogP contribution in [-0.4, -0.2) is 24.9 Å². The van der Waals surface area contributed by atoms with Crippen LogP contribution in [0.25, 0.3) is 0 Å². The number of methoxy groups -OCH3 is 1. The molecule has 22 heavy (non-hydrogen) atoms. The van der Waals surface area contributed by atoms with Crippen molar-refractivity contribution in [2.24, 2.45) is 0 Å². The van der Waals surface area contributed by atoms with Crippen molar-refractivity contribution in [3.05, 3.63) is 60.2 Å². The van der Waals surface area contributed by atoms with Gasteiger partial charge in [0, 0.05) is 7.05 Å². The van der Waals surface area contributed by atoms with Gasteiger partial charge in [0.1, 0.15) is 17.2 Å². The third kappa shape index (κ3) is 2.53. The summed E-state index contributed by atoms with van der Waals surface area (Å²) >= 11 is 0. The van der Waals surface area contributed by atoms with Crippen molar-refractivity contribution in [3.63, 3.8) is 0 Å². The van der Waals surface area contributed by atoms with Crippen molar-refractivity contribution in [3.8, 4) is 5.75 Å². The lowest BCUT2D eigenvalue weighted by atomic mass is 10.0. The molecule has 0 aromatic heterocycles. The van der Waals surface area contributed by atoms with E-state index in [1.165, 1.54) is 0 Å². The van der Waals surface area contributed by atoms with Gasteiger partial charge in [-0.2, -0.15) is 0 Å². The second-order valence-corrected chi connectivity index (χ2v) is 7.87. The number of rotatable bonds is 3. The molecule has 3 rings (SSSR count). The molecule has 1 fully saturated rings. The molecule has 116 valence electrons. The van der Waals surface area contributed by atoms with Crippen LogP contribution in [0.4, 0.5) is 0 Å². The van der Waals surface area contributed by atoms with Crippen LogP contribution in [0.2, 0.25) is 0 Å². The zero-order chi connectivity index (χ0) is 15.7. The zero-order valence-corrected chi connectivity index (χ0v) is 13.9. The second kappa shape index (κ2) is 5.98. The minimum atomic E-state index is -3.04. The molecule has 0 radical (unpaired) electrons. The van der Waals surface area contributed by atoms with Gasteiger partial charge in [-0.15, -0.1) is 4.67 Å². The lowest BCUT2D eigenvalue weighted by Crippen LogP contribution is -2.34. The SMILES string of the molecule is COc1ccc([P+]2([O-])O[C@@H](c3ccccc3)[C@H](C)N2C)cc1. The highest BCUT2D eigenvalue weighted by Gasteiger charge is 2.52. The van der Waals surface area contributed by atoms with Gasteiger partial charge in [-0.25, -0.2) is 4.52 Å². The van der Waals surface area contributed by atoms with E-state index in [-0.39, 0.29) is 12.1 Å². The Balaban J connectivity index is 1.93. The van der Waals surface area contributed by atoms with E-state index in [9.17, 15) is 4.89 Å². The molecular formula is C17H20NO3P. The quantitative estimate of drug-likeness (QED) is 0.816. The Kier molecular flexibility index (Phi) is 4.20. The van der Waals surface area contributed by atoms with Gasteiger partial charge in [-0.1, -0.05) is 30.3 Å². The van der Waals surface area contributed by atoms with Crippen molar-refractivity contribution in [1.82, 2.24) is 4.67 Å². The minimum Gasteiger partial charge on any atom is -0.637 e. The molecule has 5 heteroatoms. The fourth-order valence-corrected chi connectivity index (χ4v) is 5.11. The predicted molar refractivity (Wildman–Crippen MR) is 87.0 cm³/mol. The summed E-state index contributed by atoms with van der Waals surface area (Å²) in [4.78, 5) is 13.4. The van der Waals surface area contributed by atoms with Crippen LogP contribution in [0.1, 0.15) is 18.6 Å². The van der Waals surface area contributed by atoms with Crippen LogP contribution in [0.5, 0.6) is 5.75 Å². The van der Waals surface area contributed by atoms with Crippen molar-refractivity contribution in [2.45, 2.75) is 19.1 Å². The lowest BCUT2D eigenvalue weighted by Gasteiger charge is -2.30. The molecule has 1 aliphatic heterocycles. The van der Waals surface area contributed by atoms with Crippen molar-refractivity contribution in [1.29, 1.82) is 0 Å². The number of hydrogen-bond acceptors (Lipinski definition) is 4. The van der Waals surface area contributed by atoms with Crippen molar-refractivity contribution < 1.29 is 14.2 Å². The summed E-state index contributed by atoms with van der Waals surface area (Å²) < 4.78 is 13.1. The van der Waals surface area contributed by atoms with Crippen LogP contribution in [0, 0.1) is 0 Å². The number of hydrogen-bond donors (Lipinski definition) is 0. The molecule has 1 heterocycles. The minimum absolute atomic E-state index is 0.0373. The maximum Gasteiger partial charge on any atom is 0.208 e. The summed E-state index contributed by atoms with van der Waals surface area (Å²) in [5.41, 5.74) is 1.05. The third-order valence-corrected chi connectivity index (χ3v) is 6.88. The fourth-order valence-electron chi connectivity index (χ4n) is 2.75. The molecule has 0 N–H and O–H groups in total. The van der Waals surface area contributed by atoms with Gasteiger partial charge in [-0.3, -0.25) is 0 Å². The van der Waals surface area contributed by atoms with Crippen molar-refractivity contribution >= 4 is 13.2 Å². The van der Waals surface area contributed by atoms with Gasteiger partial charge in [0.15, 0.2) is 0 Å². The largest absolute Gasteiger partial charge is 0.637 e. The van der Waals surface area contributed by atoms with E-state index in [0.717, 1.165) is 11.3 Å². The molecule has 0 saturated carbocycles. The van der Waals surface area contributed by atoms with Gasteiger partial charge < -0.3 is 9.63 Å². The van der Waals surface area contributed by atoms with Gasteiger partial charge in [0.05, 0.1) is 13.2 Å². The van der Waals surface area contributed by atoms with E-state index in [2.05, 4.69) is 0 Å². The summed E-state index contributed by atoms with van der Waals surface area (Å²) in [7, 11) is 0.430. The van der Waals surface area contributed by atoms with Crippen molar-refractivity contribution in [2.75, 3.05) is 14.2 Å². The van der Waals surface area contributed by atoms with E-state index < -0.39 is 7.87 Å². The predicted octanol–water partition coefficient (Wildman–Crippen LogP) is 2.54. The maximum absolute atomic E-state index is 13.4. The van der Waals surface area contributed by atoms with Crippen LogP contribution >= 0.6 is 7.87 Å². The highest BCUT2D eigenvalue weighted by atomic mass is 31.2. The van der Waals surface area contributed by atoms with Crippen LogP contribution < -0.4 is 14.9 Å². The third-order valence-electron chi connectivity index (χ3n) is 4.23. The number of likely N-dealkylation sites (N-methyl/N-ethyl adjacent to an activating group) is 1. The first kappa shape index (κ1) is 15.4. The van der Waals surface area contributed by atoms with Crippen LogP contribution in [-0.2, 0) is 4.52 Å². The molecular weight excluding hydrogens is 297 g/mol. The lowest BCUT2D eigenvalue weighted by molar-refractivity contribution is -0.195. The molecule has 2 aromatic rings. The first-order valence-corrected chi connectivity index (χ1v) is 8.85. The molecule has 2 aromatic carbocycles. The van der Waals surface area contributed by atoms with Gasteiger partial charge in [-0.05, 0) is 36.8 Å². The Morgan fingerprint density at radius 3 is 2.32 bits per heavy atom. The van der Waals surface area contributed by atoms with E-state index in [0.29, 0.717) is 5.30 Å². The van der Waals surface area contributed by atoms with E-state index in [4.69, 9.17) is 9.26 Å². The molecule has 1 unspecified atom stereocenters. The normalized spacial score (nSPS) is 28.7. The monoisotopic (exact) mass is 317 g/mol. The Morgan fingerprint density at radius 2 is 1.73 bits per heavy atom. The number of ether oxygens (including phenoxy) is 1. The summed E-state index contributed by atoms with van der Waals surface area (Å²) in [6.45, 7) is 2.04. The van der Waals surface area contributed by atoms with Gasteiger partial charge >= 0.3 is 0 Å². The molecule has 0 spiro atoms. The Morgan fingerprint density at radius 1 is 1.09 bits per heavy atom. The molecule has 0 amide bonds. The van der Waals surface area contributed by atoms with E-state index in [1.54, 1.807) is 7.11 Å².